The Morgan fingerprint density at radius 3 is 2.61 bits per heavy atom. The fraction of sp³-hybridized carbons (Fsp3) is 0.250. The quantitative estimate of drug-likeness (QED) is 0.711. The molecule has 144 valence electrons. The number of benzene rings is 2. The van der Waals surface area contributed by atoms with Crippen LogP contribution in [-0.4, -0.2) is 52.9 Å². The van der Waals surface area contributed by atoms with Gasteiger partial charge in [-0.1, -0.05) is 18.2 Å². The molecule has 0 radical (unpaired) electrons. The second-order valence-electron chi connectivity index (χ2n) is 6.71. The number of nitrogens with zero attached hydrogens (tertiary/aromatic N) is 3. The van der Waals surface area contributed by atoms with E-state index in [1.54, 1.807) is 35.6 Å². The second kappa shape index (κ2) is 7.95. The van der Waals surface area contributed by atoms with Crippen LogP contribution in [0.25, 0.3) is 10.2 Å². The Morgan fingerprint density at radius 1 is 1.07 bits per heavy atom. The molecule has 0 saturated carbocycles. The van der Waals surface area contributed by atoms with Gasteiger partial charge in [-0.3, -0.25) is 9.69 Å². The van der Waals surface area contributed by atoms with Crippen LogP contribution in [0, 0.1) is 0 Å². The summed E-state index contributed by atoms with van der Waals surface area (Å²) in [4.78, 5) is 32.6. The van der Waals surface area contributed by atoms with Crippen LogP contribution >= 0.6 is 11.3 Å². The number of fused-ring (bicyclic) bond motifs is 1. The van der Waals surface area contributed by atoms with Gasteiger partial charge in [-0.25, -0.2) is 9.78 Å². The van der Waals surface area contributed by atoms with Crippen molar-refractivity contribution < 1.29 is 9.59 Å². The number of urea groups is 1. The molecule has 2 aromatic carbocycles. The number of rotatable bonds is 4. The van der Waals surface area contributed by atoms with Crippen molar-refractivity contribution in [3.05, 3.63) is 59.1 Å². The van der Waals surface area contributed by atoms with E-state index < -0.39 is 6.03 Å². The van der Waals surface area contributed by atoms with Gasteiger partial charge in [-0.2, -0.15) is 0 Å². The minimum Gasteiger partial charge on any atom is -0.351 e. The summed E-state index contributed by atoms with van der Waals surface area (Å²) in [6.07, 6.45) is 0. The second-order valence-corrected chi connectivity index (χ2v) is 7.83. The smallest absolute Gasteiger partial charge is 0.316 e. The van der Waals surface area contributed by atoms with E-state index in [0.717, 1.165) is 30.2 Å². The first-order valence-electron chi connectivity index (χ1n) is 9.11. The molecular formula is C20H21N5O2S. The highest BCUT2D eigenvalue weighted by Gasteiger charge is 2.23. The lowest BCUT2D eigenvalue weighted by Crippen LogP contribution is -2.48. The molecule has 3 N–H and O–H groups in total. The number of carbonyl (C=O) groups excluding carboxylic acids is 2. The zero-order chi connectivity index (χ0) is 19.5. The molecule has 1 saturated heterocycles. The van der Waals surface area contributed by atoms with Crippen molar-refractivity contribution in [1.82, 2.24) is 14.8 Å². The summed E-state index contributed by atoms with van der Waals surface area (Å²) < 4.78 is 1.20. The van der Waals surface area contributed by atoms with Crippen molar-refractivity contribution in [2.24, 2.45) is 5.73 Å². The predicted octanol–water partition coefficient (Wildman–Crippen LogP) is 2.74. The largest absolute Gasteiger partial charge is 0.351 e. The molecule has 2 heterocycles. The van der Waals surface area contributed by atoms with E-state index in [0.29, 0.717) is 24.3 Å². The standard InChI is InChI=1S/C20H21N5O2S/c21-20(27)22-15-5-3-4-14(12-15)19(26)25-10-8-24(9-11-25)13-18-23-16-6-1-2-7-17(16)28-18/h1-7,12H,8-11,13H2,(H3,21,22,27). The van der Waals surface area contributed by atoms with E-state index in [1.165, 1.54) is 4.70 Å². The number of hydrogen-bond acceptors (Lipinski definition) is 5. The Morgan fingerprint density at radius 2 is 1.86 bits per heavy atom. The zero-order valence-corrected chi connectivity index (χ0v) is 16.1. The van der Waals surface area contributed by atoms with Gasteiger partial charge in [0, 0.05) is 37.4 Å². The Labute approximate surface area is 166 Å². The number of nitrogens with one attached hydrogen (secondary N) is 1. The third kappa shape index (κ3) is 4.13. The van der Waals surface area contributed by atoms with Crippen LogP contribution in [0.4, 0.5) is 10.5 Å². The van der Waals surface area contributed by atoms with Crippen molar-refractivity contribution in [3.8, 4) is 0 Å². The Hall–Kier alpha value is -2.97. The molecule has 4 rings (SSSR count). The number of anilines is 1. The van der Waals surface area contributed by atoms with Crippen LogP contribution in [0.5, 0.6) is 0 Å². The van der Waals surface area contributed by atoms with Gasteiger partial charge >= 0.3 is 6.03 Å². The average molecular weight is 395 g/mol. The van der Waals surface area contributed by atoms with Gasteiger partial charge in [-0.15, -0.1) is 11.3 Å². The fourth-order valence-electron chi connectivity index (χ4n) is 3.34. The molecular weight excluding hydrogens is 374 g/mol. The summed E-state index contributed by atoms with van der Waals surface area (Å²) in [5.74, 6) is -0.0345. The number of para-hydroxylation sites is 1. The Kier molecular flexibility index (Phi) is 5.23. The molecule has 0 spiro atoms. The van der Waals surface area contributed by atoms with Gasteiger partial charge in [0.1, 0.15) is 5.01 Å². The van der Waals surface area contributed by atoms with Gasteiger partial charge in [0.2, 0.25) is 0 Å². The summed E-state index contributed by atoms with van der Waals surface area (Å²) in [6, 6.07) is 14.4. The average Bonchev–Trinajstić information content (AvgIpc) is 3.10. The molecule has 0 atom stereocenters. The first-order chi connectivity index (χ1) is 13.6. The van der Waals surface area contributed by atoms with Gasteiger partial charge in [0.25, 0.3) is 5.91 Å². The van der Waals surface area contributed by atoms with Crippen LogP contribution in [0.15, 0.2) is 48.5 Å². The minimum atomic E-state index is -0.645. The van der Waals surface area contributed by atoms with Gasteiger partial charge < -0.3 is 16.0 Å². The monoisotopic (exact) mass is 395 g/mol. The number of hydrogen-bond donors (Lipinski definition) is 2. The molecule has 7 nitrogen and oxygen atoms in total. The van der Waals surface area contributed by atoms with Crippen LogP contribution in [0.2, 0.25) is 0 Å². The fourth-order valence-corrected chi connectivity index (χ4v) is 4.35. The van der Waals surface area contributed by atoms with Crippen molar-refractivity contribution >= 4 is 39.2 Å². The van der Waals surface area contributed by atoms with E-state index >= 15 is 0 Å². The van der Waals surface area contributed by atoms with Crippen LogP contribution < -0.4 is 11.1 Å². The summed E-state index contributed by atoms with van der Waals surface area (Å²) in [7, 11) is 0. The summed E-state index contributed by atoms with van der Waals surface area (Å²) in [5, 5.41) is 3.61. The number of piperazine rings is 1. The van der Waals surface area contributed by atoms with Crippen molar-refractivity contribution in [1.29, 1.82) is 0 Å². The molecule has 1 aromatic heterocycles. The zero-order valence-electron chi connectivity index (χ0n) is 15.3. The van der Waals surface area contributed by atoms with Crippen LogP contribution in [0.1, 0.15) is 15.4 Å². The number of amides is 3. The van der Waals surface area contributed by atoms with E-state index in [-0.39, 0.29) is 5.91 Å². The SMILES string of the molecule is NC(=O)Nc1cccc(C(=O)N2CCN(Cc3nc4ccccc4s3)CC2)c1. The maximum Gasteiger partial charge on any atom is 0.316 e. The summed E-state index contributed by atoms with van der Waals surface area (Å²) in [5.41, 5.74) is 7.25. The van der Waals surface area contributed by atoms with Gasteiger partial charge in [-0.05, 0) is 30.3 Å². The van der Waals surface area contributed by atoms with Crippen molar-refractivity contribution in [3.63, 3.8) is 0 Å². The molecule has 0 aliphatic carbocycles. The molecule has 1 aliphatic rings. The van der Waals surface area contributed by atoms with E-state index in [9.17, 15) is 9.59 Å². The highest BCUT2D eigenvalue weighted by atomic mass is 32.1. The summed E-state index contributed by atoms with van der Waals surface area (Å²) in [6.45, 7) is 3.75. The van der Waals surface area contributed by atoms with Crippen LogP contribution in [0.3, 0.4) is 0 Å². The normalized spacial score (nSPS) is 14.9. The van der Waals surface area contributed by atoms with Gasteiger partial charge in [0.15, 0.2) is 0 Å². The Balaban J connectivity index is 1.35. The third-order valence-electron chi connectivity index (χ3n) is 4.73. The number of thiazole rings is 1. The number of nitrogens with two attached hydrogens (primary N) is 1. The van der Waals surface area contributed by atoms with Crippen LogP contribution in [-0.2, 0) is 6.54 Å². The Bertz CT molecular complexity index is 978. The number of primary amides is 1. The predicted molar refractivity (Wildman–Crippen MR) is 110 cm³/mol. The summed E-state index contributed by atoms with van der Waals surface area (Å²) >= 11 is 1.72. The topological polar surface area (TPSA) is 91.6 Å². The number of aromatic nitrogens is 1. The van der Waals surface area contributed by atoms with E-state index in [4.69, 9.17) is 10.7 Å². The first kappa shape index (κ1) is 18.4. The highest BCUT2D eigenvalue weighted by molar-refractivity contribution is 7.18. The van der Waals surface area contributed by atoms with Crippen molar-refractivity contribution in [2.45, 2.75) is 6.54 Å². The molecule has 8 heteroatoms. The highest BCUT2D eigenvalue weighted by Crippen LogP contribution is 2.23. The van der Waals surface area contributed by atoms with E-state index in [1.807, 2.05) is 23.1 Å². The lowest BCUT2D eigenvalue weighted by molar-refractivity contribution is 0.0628. The lowest BCUT2D eigenvalue weighted by atomic mass is 10.1. The van der Waals surface area contributed by atoms with E-state index in [2.05, 4.69) is 16.3 Å². The molecule has 1 aliphatic heterocycles. The molecule has 0 unspecified atom stereocenters. The number of carbonyl (C=O) groups is 2. The lowest BCUT2D eigenvalue weighted by Gasteiger charge is -2.34. The third-order valence-corrected chi connectivity index (χ3v) is 5.75. The maximum atomic E-state index is 12.8. The minimum absolute atomic E-state index is 0.0345. The molecule has 3 aromatic rings. The molecule has 0 bridgehead atoms. The first-order valence-corrected chi connectivity index (χ1v) is 9.93. The van der Waals surface area contributed by atoms with Gasteiger partial charge in [0.05, 0.1) is 16.8 Å². The molecule has 1 fully saturated rings. The van der Waals surface area contributed by atoms with Crippen molar-refractivity contribution in [2.75, 3.05) is 31.5 Å². The molecule has 3 amide bonds. The maximum absolute atomic E-state index is 12.8. The molecule has 28 heavy (non-hydrogen) atoms.